The summed E-state index contributed by atoms with van der Waals surface area (Å²) in [5.41, 5.74) is 18.2. The van der Waals surface area contributed by atoms with Crippen LogP contribution in [0.5, 0.6) is 0 Å². The molecule has 0 atom stereocenters. The summed E-state index contributed by atoms with van der Waals surface area (Å²) < 4.78 is 2.32. The van der Waals surface area contributed by atoms with Crippen molar-refractivity contribution in [1.29, 1.82) is 0 Å². The fourth-order valence-corrected chi connectivity index (χ4v) is 12.6. The predicted molar refractivity (Wildman–Crippen MR) is 271 cm³/mol. The van der Waals surface area contributed by atoms with Crippen molar-refractivity contribution in [3.63, 3.8) is 0 Å². The third-order valence-corrected chi connectivity index (χ3v) is 15.1. The zero-order valence-electron chi connectivity index (χ0n) is 36.2. The number of aromatic nitrogens is 4. The molecular formula is C63H38N4. The van der Waals surface area contributed by atoms with Crippen molar-refractivity contribution in [2.45, 2.75) is 10.8 Å². The first-order chi connectivity index (χ1) is 33.2. The van der Waals surface area contributed by atoms with E-state index < -0.39 is 10.8 Å². The summed E-state index contributed by atoms with van der Waals surface area (Å²) in [4.78, 5) is 16.0. The molecule has 310 valence electrons. The molecule has 0 saturated carbocycles. The molecule has 2 spiro atoms. The summed E-state index contributed by atoms with van der Waals surface area (Å²) in [7, 11) is 0. The Hall–Kier alpha value is -8.73. The van der Waals surface area contributed by atoms with Gasteiger partial charge in [0.1, 0.15) is 0 Å². The highest BCUT2D eigenvalue weighted by molar-refractivity contribution is 6.22. The van der Waals surface area contributed by atoms with Crippen molar-refractivity contribution in [2.75, 3.05) is 0 Å². The molecule has 10 aromatic carbocycles. The van der Waals surface area contributed by atoms with Crippen LogP contribution in [0.3, 0.4) is 0 Å². The fraction of sp³-hybridized carbons (Fsp3) is 0.0317. The normalized spacial score (nSPS) is 14.2. The van der Waals surface area contributed by atoms with Crippen LogP contribution in [0, 0.1) is 0 Å². The molecule has 4 nitrogen and oxygen atoms in total. The molecule has 2 aromatic heterocycles. The van der Waals surface area contributed by atoms with Crippen LogP contribution in [0.15, 0.2) is 231 Å². The predicted octanol–water partition coefficient (Wildman–Crippen LogP) is 14.5. The van der Waals surface area contributed by atoms with E-state index in [9.17, 15) is 0 Å². The SMILES string of the molecule is c1ccc(-c2nc(-c3ccccc3)nc(-n3c4cc5c(cc4c4c6ccccc6ccc43)C3(c4ccccc4-c4ccccc43)c3ccccc3C53c4ccccc4-c4ccccc43)n2)cc1. The van der Waals surface area contributed by atoms with Gasteiger partial charge in [-0.3, -0.25) is 4.57 Å². The van der Waals surface area contributed by atoms with Gasteiger partial charge in [0.15, 0.2) is 11.6 Å². The fourth-order valence-electron chi connectivity index (χ4n) is 12.6. The van der Waals surface area contributed by atoms with Crippen molar-refractivity contribution in [3.05, 3.63) is 275 Å². The van der Waals surface area contributed by atoms with E-state index in [4.69, 9.17) is 15.0 Å². The molecular weight excluding hydrogens is 813 g/mol. The Labute approximate surface area is 387 Å². The second kappa shape index (κ2) is 13.4. The lowest BCUT2D eigenvalue weighted by molar-refractivity contribution is 0.634. The Morgan fingerprint density at radius 3 is 1.22 bits per heavy atom. The van der Waals surface area contributed by atoms with Crippen LogP contribution < -0.4 is 0 Å². The number of hydrogen-bond donors (Lipinski definition) is 0. The van der Waals surface area contributed by atoms with Gasteiger partial charge in [0.2, 0.25) is 5.95 Å². The van der Waals surface area contributed by atoms with Gasteiger partial charge in [0.05, 0.1) is 21.9 Å². The summed E-state index contributed by atoms with van der Waals surface area (Å²) >= 11 is 0. The van der Waals surface area contributed by atoms with E-state index in [1.165, 1.54) is 82.9 Å². The van der Waals surface area contributed by atoms with Gasteiger partial charge in [-0.2, -0.15) is 9.97 Å². The molecule has 4 heteroatoms. The number of fused-ring (bicyclic) bond motifs is 21. The Bertz CT molecular complexity index is 3900. The minimum atomic E-state index is -0.655. The van der Waals surface area contributed by atoms with Crippen molar-refractivity contribution in [1.82, 2.24) is 19.5 Å². The van der Waals surface area contributed by atoms with Gasteiger partial charge in [0.25, 0.3) is 0 Å². The molecule has 0 amide bonds. The van der Waals surface area contributed by atoms with Crippen LogP contribution in [-0.2, 0) is 10.8 Å². The quantitative estimate of drug-likeness (QED) is 0.178. The Morgan fingerprint density at radius 2 is 0.716 bits per heavy atom. The second-order valence-electron chi connectivity index (χ2n) is 18.2. The summed E-state index contributed by atoms with van der Waals surface area (Å²) in [6, 6.07) is 84.8. The number of hydrogen-bond acceptors (Lipinski definition) is 3. The van der Waals surface area contributed by atoms with Crippen molar-refractivity contribution >= 4 is 32.6 Å². The summed E-state index contributed by atoms with van der Waals surface area (Å²) in [5, 5.41) is 4.70. The summed E-state index contributed by atoms with van der Waals surface area (Å²) in [6.07, 6.45) is 0. The van der Waals surface area contributed by atoms with Gasteiger partial charge in [-0.1, -0.05) is 212 Å². The summed E-state index contributed by atoms with van der Waals surface area (Å²) in [6.45, 7) is 0. The maximum atomic E-state index is 5.43. The van der Waals surface area contributed by atoms with E-state index >= 15 is 0 Å². The zero-order valence-corrected chi connectivity index (χ0v) is 36.2. The van der Waals surface area contributed by atoms with Crippen LogP contribution in [0.2, 0.25) is 0 Å². The topological polar surface area (TPSA) is 43.6 Å². The first-order valence-electron chi connectivity index (χ1n) is 23.1. The largest absolute Gasteiger partial charge is 0.278 e. The number of benzene rings is 10. The van der Waals surface area contributed by atoms with Gasteiger partial charge in [-0.15, -0.1) is 0 Å². The molecule has 15 rings (SSSR count). The molecule has 2 heterocycles. The average molecular weight is 851 g/mol. The maximum absolute atomic E-state index is 5.43. The molecule has 0 unspecified atom stereocenters. The first-order valence-corrected chi connectivity index (χ1v) is 23.1. The van der Waals surface area contributed by atoms with E-state index in [0.29, 0.717) is 17.6 Å². The molecule has 0 saturated heterocycles. The van der Waals surface area contributed by atoms with Gasteiger partial charge in [-0.25, -0.2) is 4.98 Å². The molecule has 0 bridgehead atoms. The average Bonchev–Trinajstić information content (AvgIpc) is 4.01. The Balaban J connectivity index is 1.18. The Morgan fingerprint density at radius 1 is 0.299 bits per heavy atom. The van der Waals surface area contributed by atoms with Gasteiger partial charge in [-0.05, 0) is 95.7 Å². The second-order valence-corrected chi connectivity index (χ2v) is 18.2. The Kier molecular flexibility index (Phi) is 7.33. The van der Waals surface area contributed by atoms with Crippen LogP contribution in [-0.4, -0.2) is 19.5 Å². The minimum Gasteiger partial charge on any atom is -0.278 e. The van der Waals surface area contributed by atoms with Crippen LogP contribution in [0.25, 0.3) is 83.6 Å². The standard InChI is InChI=1S/C63H38N4/c1-3-20-40(21-4-1)59-64-60(41-22-5-2-6-23-41)66-61(65-59)67-56-36-35-39-19-7-8-24-42(39)58(56)47-37-54-55(38-57(47)67)63(50-31-15-11-27-45(50)46-28-12-16-32-51(46)63)53-34-18-17-33-52(53)62(54)48-29-13-9-25-43(48)44-26-10-14-30-49(44)62/h1-38H. The highest BCUT2D eigenvalue weighted by Gasteiger charge is 2.59. The van der Waals surface area contributed by atoms with E-state index in [2.05, 4.69) is 199 Å². The lowest BCUT2D eigenvalue weighted by Gasteiger charge is -2.49. The number of nitrogens with zero attached hydrogens (tertiary/aromatic N) is 4. The molecule has 3 aliphatic rings. The summed E-state index contributed by atoms with van der Waals surface area (Å²) in [5.74, 6) is 1.83. The molecule has 0 N–H and O–H groups in total. The van der Waals surface area contributed by atoms with Crippen LogP contribution >= 0.6 is 0 Å². The lowest BCUT2D eigenvalue weighted by Crippen LogP contribution is -2.43. The van der Waals surface area contributed by atoms with E-state index in [-0.39, 0.29) is 0 Å². The van der Waals surface area contributed by atoms with Crippen LogP contribution in [0.4, 0.5) is 0 Å². The molecule has 0 aliphatic heterocycles. The third kappa shape index (κ3) is 4.64. The highest BCUT2D eigenvalue weighted by Crippen LogP contribution is 2.68. The molecule has 0 radical (unpaired) electrons. The minimum absolute atomic E-state index is 0.576. The third-order valence-electron chi connectivity index (χ3n) is 15.1. The van der Waals surface area contributed by atoms with Gasteiger partial charge < -0.3 is 0 Å². The van der Waals surface area contributed by atoms with Crippen LogP contribution in [0.1, 0.15) is 44.5 Å². The van der Waals surface area contributed by atoms with E-state index in [1.54, 1.807) is 0 Å². The first kappa shape index (κ1) is 36.6. The molecule has 67 heavy (non-hydrogen) atoms. The highest BCUT2D eigenvalue weighted by atomic mass is 15.2. The van der Waals surface area contributed by atoms with Crippen molar-refractivity contribution in [2.24, 2.45) is 0 Å². The molecule has 0 fully saturated rings. The van der Waals surface area contributed by atoms with Gasteiger partial charge in [0, 0.05) is 21.9 Å². The monoisotopic (exact) mass is 850 g/mol. The maximum Gasteiger partial charge on any atom is 0.238 e. The smallest absolute Gasteiger partial charge is 0.238 e. The van der Waals surface area contributed by atoms with E-state index in [0.717, 1.165) is 27.5 Å². The zero-order chi connectivity index (χ0) is 43.8. The molecule has 12 aromatic rings. The van der Waals surface area contributed by atoms with Crippen molar-refractivity contribution in [3.8, 4) is 51.0 Å². The van der Waals surface area contributed by atoms with Gasteiger partial charge >= 0.3 is 0 Å². The number of rotatable bonds is 3. The molecule has 3 aliphatic carbocycles. The van der Waals surface area contributed by atoms with E-state index in [1.807, 2.05) is 36.4 Å². The van der Waals surface area contributed by atoms with Crippen molar-refractivity contribution < 1.29 is 0 Å². The lowest BCUT2D eigenvalue weighted by atomic mass is 9.52.